The minimum absolute atomic E-state index is 0.0622. The molecule has 0 aromatic heterocycles. The Balaban J connectivity index is 2.40. The summed E-state index contributed by atoms with van der Waals surface area (Å²) in [5.41, 5.74) is 2.76. The number of nitrogens with zero attached hydrogens (tertiary/aromatic N) is 1. The van der Waals surface area contributed by atoms with Crippen LogP contribution in [-0.4, -0.2) is 33.1 Å². The number of nitrogens with one attached hydrogen (secondary N) is 2. The molecule has 0 bridgehead atoms. The summed E-state index contributed by atoms with van der Waals surface area (Å²) in [7, 11) is 3.80. The molecule has 20 heavy (non-hydrogen) atoms. The number of anilines is 1. The molecule has 1 heterocycles. The van der Waals surface area contributed by atoms with Gasteiger partial charge in [-0.2, -0.15) is 0 Å². The quantitative estimate of drug-likeness (QED) is 0.898. The molecule has 0 radical (unpaired) electrons. The van der Waals surface area contributed by atoms with E-state index in [1.807, 2.05) is 25.2 Å². The maximum Gasteiger partial charge on any atom is 0.238 e. The van der Waals surface area contributed by atoms with Crippen LogP contribution in [0.2, 0.25) is 5.02 Å². The van der Waals surface area contributed by atoms with E-state index in [2.05, 4.69) is 21.6 Å². The second kappa shape index (κ2) is 6.77. The molecule has 0 atom stereocenters. The lowest BCUT2D eigenvalue weighted by atomic mass is 10.0. The molecular weight excluding hydrogens is 274 g/mol. The first-order chi connectivity index (χ1) is 9.63. The molecule has 108 valence electrons. The van der Waals surface area contributed by atoms with Gasteiger partial charge in [0.2, 0.25) is 5.91 Å². The third-order valence-corrected chi connectivity index (χ3v) is 3.64. The summed E-state index contributed by atoms with van der Waals surface area (Å²) in [5.74, 6) is -0.0622. The summed E-state index contributed by atoms with van der Waals surface area (Å²) in [4.78, 5) is 14.0. The second-order valence-corrected chi connectivity index (χ2v) is 5.30. The minimum Gasteiger partial charge on any atom is -0.374 e. The van der Waals surface area contributed by atoms with E-state index in [-0.39, 0.29) is 12.5 Å². The van der Waals surface area contributed by atoms with E-state index in [9.17, 15) is 4.79 Å². The minimum atomic E-state index is -0.0622. The van der Waals surface area contributed by atoms with Gasteiger partial charge in [-0.25, -0.2) is 0 Å². The third kappa shape index (κ3) is 3.32. The molecule has 1 aromatic rings. The summed E-state index contributed by atoms with van der Waals surface area (Å²) in [6.07, 6.45) is 4.03. The van der Waals surface area contributed by atoms with E-state index < -0.39 is 0 Å². The van der Waals surface area contributed by atoms with E-state index in [4.69, 9.17) is 11.6 Å². The number of carbonyl (C=O) groups excluding carboxylic acids is 1. The first kappa shape index (κ1) is 14.9. The van der Waals surface area contributed by atoms with Gasteiger partial charge in [0.1, 0.15) is 0 Å². The smallest absolute Gasteiger partial charge is 0.238 e. The Bertz CT molecular complexity index is 528. The van der Waals surface area contributed by atoms with Gasteiger partial charge in [0.05, 0.1) is 11.6 Å². The van der Waals surface area contributed by atoms with Crippen molar-refractivity contribution in [1.82, 2.24) is 10.6 Å². The van der Waals surface area contributed by atoms with Crippen molar-refractivity contribution in [2.75, 3.05) is 32.1 Å². The van der Waals surface area contributed by atoms with Crippen LogP contribution in [0.4, 0.5) is 5.69 Å². The molecule has 0 saturated heterocycles. The van der Waals surface area contributed by atoms with E-state index >= 15 is 0 Å². The van der Waals surface area contributed by atoms with E-state index in [0.717, 1.165) is 36.3 Å². The number of allylic oxidation sites excluding steroid dienone is 1. The number of carbonyl (C=O) groups is 1. The fourth-order valence-corrected chi connectivity index (χ4v) is 2.63. The van der Waals surface area contributed by atoms with Crippen LogP contribution in [0, 0.1) is 0 Å². The van der Waals surface area contributed by atoms with Gasteiger partial charge in [-0.05, 0) is 32.0 Å². The largest absolute Gasteiger partial charge is 0.374 e. The number of likely N-dealkylation sites (N-methyl/N-ethyl adjacent to an activating group) is 1. The van der Waals surface area contributed by atoms with Crippen LogP contribution in [0.1, 0.15) is 18.4 Å². The van der Waals surface area contributed by atoms with Gasteiger partial charge in [-0.3, -0.25) is 4.79 Å². The lowest BCUT2D eigenvalue weighted by Crippen LogP contribution is -2.32. The number of rotatable bonds is 3. The molecule has 1 aliphatic rings. The zero-order chi connectivity index (χ0) is 14.5. The normalized spacial score (nSPS) is 14.9. The monoisotopic (exact) mass is 293 g/mol. The predicted octanol–water partition coefficient (Wildman–Crippen LogP) is 2.25. The highest BCUT2D eigenvalue weighted by atomic mass is 35.5. The molecule has 2 N–H and O–H groups in total. The maximum absolute atomic E-state index is 11.8. The van der Waals surface area contributed by atoms with E-state index in [0.29, 0.717) is 5.02 Å². The van der Waals surface area contributed by atoms with Gasteiger partial charge < -0.3 is 15.5 Å². The van der Waals surface area contributed by atoms with Gasteiger partial charge in [0, 0.05) is 30.5 Å². The summed E-state index contributed by atoms with van der Waals surface area (Å²) in [6.45, 7) is 1.26. The number of fused-ring (bicyclic) bond motifs is 1. The van der Waals surface area contributed by atoms with Crippen molar-refractivity contribution in [3.63, 3.8) is 0 Å². The summed E-state index contributed by atoms with van der Waals surface area (Å²) < 4.78 is 0. The summed E-state index contributed by atoms with van der Waals surface area (Å²) in [6, 6.07) is 5.82. The van der Waals surface area contributed by atoms with Gasteiger partial charge in [0.15, 0.2) is 0 Å². The predicted molar refractivity (Wildman–Crippen MR) is 84.0 cm³/mol. The molecule has 1 amide bonds. The SMILES string of the molecule is CNCC(=O)NC1=CCCCN(C)c2cccc(Cl)c21. The average Bonchev–Trinajstić information content (AvgIpc) is 2.40. The molecule has 0 spiro atoms. The van der Waals surface area contributed by atoms with Crippen LogP contribution in [0.3, 0.4) is 0 Å². The zero-order valence-electron chi connectivity index (χ0n) is 11.9. The Morgan fingerprint density at radius 2 is 2.25 bits per heavy atom. The topological polar surface area (TPSA) is 44.4 Å². The highest BCUT2D eigenvalue weighted by molar-refractivity contribution is 6.33. The van der Waals surface area contributed by atoms with Crippen LogP contribution in [0.25, 0.3) is 5.70 Å². The standard InChI is InChI=1S/C15H20ClN3O/c1-17-10-14(20)18-12-7-3-4-9-19(2)13-8-5-6-11(16)15(12)13/h5-8,17H,3-4,9-10H2,1-2H3,(H,18,20). The zero-order valence-corrected chi connectivity index (χ0v) is 12.6. The lowest BCUT2D eigenvalue weighted by molar-refractivity contribution is -0.118. The van der Waals surface area contributed by atoms with Crippen molar-refractivity contribution in [2.24, 2.45) is 0 Å². The first-order valence-corrected chi connectivity index (χ1v) is 7.16. The Morgan fingerprint density at radius 1 is 1.45 bits per heavy atom. The van der Waals surface area contributed by atoms with E-state index in [1.165, 1.54) is 0 Å². The molecule has 0 saturated carbocycles. The molecule has 0 aliphatic carbocycles. The molecule has 1 aromatic carbocycles. The first-order valence-electron chi connectivity index (χ1n) is 6.78. The molecule has 4 nitrogen and oxygen atoms in total. The fourth-order valence-electron chi connectivity index (χ4n) is 2.36. The maximum atomic E-state index is 11.8. The van der Waals surface area contributed by atoms with Crippen molar-refractivity contribution in [3.05, 3.63) is 34.9 Å². The number of amides is 1. The van der Waals surface area contributed by atoms with Crippen LogP contribution < -0.4 is 15.5 Å². The number of benzene rings is 1. The van der Waals surface area contributed by atoms with Crippen molar-refractivity contribution in [3.8, 4) is 0 Å². The molecule has 0 unspecified atom stereocenters. The third-order valence-electron chi connectivity index (χ3n) is 3.33. The number of hydrogen-bond donors (Lipinski definition) is 2. The van der Waals surface area contributed by atoms with Crippen LogP contribution in [-0.2, 0) is 4.79 Å². The Hall–Kier alpha value is -1.52. The van der Waals surface area contributed by atoms with Crippen LogP contribution in [0.5, 0.6) is 0 Å². The number of halogens is 1. The van der Waals surface area contributed by atoms with Crippen molar-refractivity contribution in [2.45, 2.75) is 12.8 Å². The lowest BCUT2D eigenvalue weighted by Gasteiger charge is -2.26. The highest BCUT2D eigenvalue weighted by Gasteiger charge is 2.18. The number of hydrogen-bond acceptors (Lipinski definition) is 3. The molecule has 2 rings (SSSR count). The fraction of sp³-hybridized carbons (Fsp3) is 0.400. The summed E-state index contributed by atoms with van der Waals surface area (Å²) >= 11 is 6.35. The van der Waals surface area contributed by atoms with E-state index in [1.54, 1.807) is 7.05 Å². The van der Waals surface area contributed by atoms with Crippen molar-refractivity contribution >= 4 is 28.9 Å². The van der Waals surface area contributed by atoms with Gasteiger partial charge in [-0.15, -0.1) is 0 Å². The second-order valence-electron chi connectivity index (χ2n) is 4.89. The Morgan fingerprint density at radius 3 is 3.00 bits per heavy atom. The molecule has 1 aliphatic heterocycles. The van der Waals surface area contributed by atoms with Crippen molar-refractivity contribution < 1.29 is 4.79 Å². The molecule has 5 heteroatoms. The average molecular weight is 294 g/mol. The van der Waals surface area contributed by atoms with Gasteiger partial charge >= 0.3 is 0 Å². The van der Waals surface area contributed by atoms with Crippen LogP contribution in [0.15, 0.2) is 24.3 Å². The molecule has 0 fully saturated rings. The van der Waals surface area contributed by atoms with Gasteiger partial charge in [-0.1, -0.05) is 23.7 Å². The van der Waals surface area contributed by atoms with Gasteiger partial charge in [0.25, 0.3) is 0 Å². The van der Waals surface area contributed by atoms with Crippen LogP contribution >= 0.6 is 11.6 Å². The molecular formula is C15H20ClN3O. The Labute approximate surface area is 124 Å². The highest BCUT2D eigenvalue weighted by Crippen LogP contribution is 2.33. The van der Waals surface area contributed by atoms with Crippen molar-refractivity contribution in [1.29, 1.82) is 0 Å². The Kier molecular flexibility index (Phi) is 5.04. The summed E-state index contributed by atoms with van der Waals surface area (Å²) in [5, 5.41) is 6.46.